The number of nitrogens with zero attached hydrogens (tertiary/aromatic N) is 5. The van der Waals surface area contributed by atoms with Gasteiger partial charge in [-0.3, -0.25) is 4.79 Å². The van der Waals surface area contributed by atoms with Crippen LogP contribution >= 0.6 is 11.8 Å². The van der Waals surface area contributed by atoms with E-state index in [4.69, 9.17) is 0 Å². The number of carbonyl (C=O) groups is 1. The molecule has 0 N–H and O–H groups in total. The average Bonchev–Trinajstić information content (AvgIpc) is 3.11. The van der Waals surface area contributed by atoms with Gasteiger partial charge in [0.05, 0.1) is 23.0 Å². The average molecular weight is 382 g/mol. The SMILES string of the molecule is Cc1ccccc1-n1ncc2c(SCC(=O)N3CCC[C@@H](C)C3)ncnc21. The van der Waals surface area contributed by atoms with Crippen LogP contribution in [0.2, 0.25) is 0 Å². The molecular formula is C20H23N5OS. The summed E-state index contributed by atoms with van der Waals surface area (Å²) < 4.78 is 1.84. The first-order chi connectivity index (χ1) is 13.1. The Morgan fingerprint density at radius 2 is 2.15 bits per heavy atom. The lowest BCUT2D eigenvalue weighted by atomic mass is 10.0. The molecule has 140 valence electrons. The van der Waals surface area contributed by atoms with Crippen molar-refractivity contribution in [1.82, 2.24) is 24.6 Å². The number of piperidine rings is 1. The van der Waals surface area contributed by atoms with Crippen molar-refractivity contribution < 1.29 is 4.79 Å². The van der Waals surface area contributed by atoms with Gasteiger partial charge in [0.25, 0.3) is 0 Å². The minimum Gasteiger partial charge on any atom is -0.342 e. The Morgan fingerprint density at radius 1 is 1.30 bits per heavy atom. The Bertz CT molecular complexity index is 970. The maximum atomic E-state index is 12.6. The minimum absolute atomic E-state index is 0.185. The van der Waals surface area contributed by atoms with Gasteiger partial charge in [-0.25, -0.2) is 14.6 Å². The highest BCUT2D eigenvalue weighted by Gasteiger charge is 2.21. The summed E-state index contributed by atoms with van der Waals surface area (Å²) in [6.07, 6.45) is 5.65. The van der Waals surface area contributed by atoms with Gasteiger partial charge in [-0.1, -0.05) is 36.9 Å². The van der Waals surface area contributed by atoms with E-state index in [-0.39, 0.29) is 5.91 Å². The molecule has 1 fully saturated rings. The molecule has 0 spiro atoms. The molecule has 4 rings (SSSR count). The summed E-state index contributed by atoms with van der Waals surface area (Å²) in [5, 5.41) is 6.20. The second-order valence-electron chi connectivity index (χ2n) is 7.13. The molecule has 1 saturated heterocycles. The van der Waals surface area contributed by atoms with Crippen molar-refractivity contribution in [3.63, 3.8) is 0 Å². The molecule has 0 unspecified atom stereocenters. The first-order valence-corrected chi connectivity index (χ1v) is 10.3. The van der Waals surface area contributed by atoms with Crippen molar-refractivity contribution in [3.05, 3.63) is 42.4 Å². The second kappa shape index (κ2) is 7.68. The third-order valence-electron chi connectivity index (χ3n) is 5.01. The van der Waals surface area contributed by atoms with Gasteiger partial charge in [0.1, 0.15) is 11.4 Å². The van der Waals surface area contributed by atoms with Gasteiger partial charge < -0.3 is 4.90 Å². The molecular weight excluding hydrogens is 358 g/mol. The van der Waals surface area contributed by atoms with Crippen LogP contribution in [-0.2, 0) is 4.79 Å². The molecule has 0 aliphatic carbocycles. The van der Waals surface area contributed by atoms with Crippen molar-refractivity contribution in [3.8, 4) is 5.69 Å². The van der Waals surface area contributed by atoms with E-state index in [9.17, 15) is 4.79 Å². The van der Waals surface area contributed by atoms with Crippen molar-refractivity contribution in [2.75, 3.05) is 18.8 Å². The number of hydrogen-bond acceptors (Lipinski definition) is 5. The van der Waals surface area contributed by atoms with Crippen LogP contribution in [0.5, 0.6) is 0 Å². The van der Waals surface area contributed by atoms with E-state index in [1.165, 1.54) is 18.2 Å². The molecule has 0 saturated carbocycles. The van der Waals surface area contributed by atoms with Crippen LogP contribution in [0.15, 0.2) is 41.8 Å². The molecule has 3 aromatic rings. The molecule has 1 aliphatic rings. The van der Waals surface area contributed by atoms with Crippen LogP contribution < -0.4 is 0 Å². The fourth-order valence-corrected chi connectivity index (χ4v) is 4.42. The highest BCUT2D eigenvalue weighted by Crippen LogP contribution is 2.27. The summed E-state index contributed by atoms with van der Waals surface area (Å²) in [7, 11) is 0. The number of amides is 1. The molecule has 1 atom stereocenters. The highest BCUT2D eigenvalue weighted by atomic mass is 32.2. The minimum atomic E-state index is 0.185. The number of fused-ring (bicyclic) bond motifs is 1. The molecule has 0 bridgehead atoms. The smallest absolute Gasteiger partial charge is 0.232 e. The highest BCUT2D eigenvalue weighted by molar-refractivity contribution is 8.00. The number of benzene rings is 1. The summed E-state index contributed by atoms with van der Waals surface area (Å²) in [6, 6.07) is 8.08. The maximum absolute atomic E-state index is 12.6. The van der Waals surface area contributed by atoms with E-state index in [0.29, 0.717) is 11.7 Å². The lowest BCUT2D eigenvalue weighted by Crippen LogP contribution is -2.40. The quantitative estimate of drug-likeness (QED) is 0.511. The molecule has 6 nitrogen and oxygen atoms in total. The third kappa shape index (κ3) is 3.69. The van der Waals surface area contributed by atoms with Gasteiger partial charge in [-0.15, -0.1) is 0 Å². The fourth-order valence-electron chi connectivity index (χ4n) is 3.55. The summed E-state index contributed by atoms with van der Waals surface area (Å²) in [6.45, 7) is 6.00. The van der Waals surface area contributed by atoms with Gasteiger partial charge >= 0.3 is 0 Å². The summed E-state index contributed by atoms with van der Waals surface area (Å²) in [4.78, 5) is 23.4. The normalized spacial score (nSPS) is 17.4. The van der Waals surface area contributed by atoms with Crippen LogP contribution in [0.1, 0.15) is 25.3 Å². The zero-order valence-corrected chi connectivity index (χ0v) is 16.4. The van der Waals surface area contributed by atoms with E-state index < -0.39 is 0 Å². The molecule has 1 amide bonds. The number of carbonyl (C=O) groups excluding carboxylic acids is 1. The Balaban J connectivity index is 1.55. The standard InChI is InChI=1S/C20H23N5OS/c1-14-6-5-9-24(11-14)18(26)12-27-20-16-10-23-25(19(16)21-13-22-20)17-8-4-3-7-15(17)2/h3-4,7-8,10,13-14H,5-6,9,11-12H2,1-2H3/t14-/m1/s1. The largest absolute Gasteiger partial charge is 0.342 e. The zero-order valence-electron chi connectivity index (χ0n) is 15.6. The number of hydrogen-bond donors (Lipinski definition) is 0. The van der Waals surface area contributed by atoms with Crippen LogP contribution in [0.25, 0.3) is 16.7 Å². The summed E-state index contributed by atoms with van der Waals surface area (Å²) >= 11 is 1.47. The van der Waals surface area contributed by atoms with E-state index in [2.05, 4.69) is 35.0 Å². The van der Waals surface area contributed by atoms with Crippen LogP contribution in [0.3, 0.4) is 0 Å². The Hall–Kier alpha value is -2.41. The van der Waals surface area contributed by atoms with Gasteiger partial charge in [-0.2, -0.15) is 5.10 Å². The van der Waals surface area contributed by atoms with E-state index in [0.717, 1.165) is 46.8 Å². The van der Waals surface area contributed by atoms with E-state index in [1.807, 2.05) is 27.8 Å². The van der Waals surface area contributed by atoms with Crippen molar-refractivity contribution in [2.24, 2.45) is 5.92 Å². The zero-order chi connectivity index (χ0) is 18.8. The van der Waals surface area contributed by atoms with Gasteiger partial charge in [0, 0.05) is 13.1 Å². The number of thioether (sulfide) groups is 1. The van der Waals surface area contributed by atoms with E-state index in [1.54, 1.807) is 12.5 Å². The first kappa shape index (κ1) is 18.0. The molecule has 0 radical (unpaired) electrons. The summed E-state index contributed by atoms with van der Waals surface area (Å²) in [5.41, 5.74) is 2.89. The Labute approximate surface area is 163 Å². The maximum Gasteiger partial charge on any atom is 0.232 e. The first-order valence-electron chi connectivity index (χ1n) is 9.29. The van der Waals surface area contributed by atoms with E-state index >= 15 is 0 Å². The van der Waals surface area contributed by atoms with Gasteiger partial charge in [0.2, 0.25) is 5.91 Å². The summed E-state index contributed by atoms with van der Waals surface area (Å²) in [5.74, 6) is 1.17. The number of aryl methyl sites for hydroxylation is 1. The van der Waals surface area contributed by atoms with Crippen molar-refractivity contribution >= 4 is 28.7 Å². The number of aromatic nitrogens is 4. The molecule has 2 aromatic heterocycles. The van der Waals surface area contributed by atoms with Crippen molar-refractivity contribution in [2.45, 2.75) is 31.7 Å². The molecule has 3 heterocycles. The topological polar surface area (TPSA) is 63.9 Å². The molecule has 1 aliphatic heterocycles. The number of para-hydroxylation sites is 1. The molecule has 7 heteroatoms. The van der Waals surface area contributed by atoms with Gasteiger partial charge in [-0.05, 0) is 37.3 Å². The Morgan fingerprint density at radius 3 is 2.96 bits per heavy atom. The lowest BCUT2D eigenvalue weighted by Gasteiger charge is -2.30. The predicted octanol–water partition coefficient (Wildman–Crippen LogP) is 3.47. The Kier molecular flexibility index (Phi) is 5.11. The molecule has 1 aromatic carbocycles. The predicted molar refractivity (Wildman–Crippen MR) is 107 cm³/mol. The van der Waals surface area contributed by atoms with Crippen LogP contribution in [-0.4, -0.2) is 49.4 Å². The monoisotopic (exact) mass is 381 g/mol. The fraction of sp³-hybridized carbons (Fsp3) is 0.400. The van der Waals surface area contributed by atoms with Crippen molar-refractivity contribution in [1.29, 1.82) is 0 Å². The number of likely N-dealkylation sites (tertiary alicyclic amines) is 1. The molecule has 27 heavy (non-hydrogen) atoms. The van der Waals surface area contributed by atoms with Crippen LogP contribution in [0.4, 0.5) is 0 Å². The third-order valence-corrected chi connectivity index (χ3v) is 6.01. The lowest BCUT2D eigenvalue weighted by molar-refractivity contribution is -0.130. The van der Waals surface area contributed by atoms with Gasteiger partial charge in [0.15, 0.2) is 5.65 Å². The number of rotatable bonds is 4. The second-order valence-corrected chi connectivity index (χ2v) is 8.10. The van der Waals surface area contributed by atoms with Crippen LogP contribution in [0, 0.1) is 12.8 Å².